The van der Waals surface area contributed by atoms with Crippen molar-refractivity contribution in [1.82, 2.24) is 4.48 Å². The van der Waals surface area contributed by atoms with E-state index in [-0.39, 0.29) is 6.17 Å². The number of quaternary nitrogens is 1. The van der Waals surface area contributed by atoms with Crippen LogP contribution in [0.4, 0.5) is 17.1 Å². The van der Waals surface area contributed by atoms with Crippen LogP contribution in [0.5, 0.6) is 0 Å². The molecule has 2 aliphatic rings. The van der Waals surface area contributed by atoms with E-state index < -0.39 is 0 Å². The second-order valence-corrected chi connectivity index (χ2v) is 9.33. The first-order valence-electron chi connectivity index (χ1n) is 11.9. The van der Waals surface area contributed by atoms with Gasteiger partial charge in [-0.25, -0.2) is 0 Å². The zero-order valence-electron chi connectivity index (χ0n) is 18.6. The van der Waals surface area contributed by atoms with Crippen molar-refractivity contribution in [2.24, 2.45) is 0 Å². The molecule has 1 aromatic heterocycles. The fourth-order valence-corrected chi connectivity index (χ4v) is 6.56. The summed E-state index contributed by atoms with van der Waals surface area (Å²) in [5.74, 6) is 0. The topological polar surface area (TPSA) is 3.88 Å². The summed E-state index contributed by atoms with van der Waals surface area (Å²) in [6.07, 6.45) is 2.36. The Balaban J connectivity index is 1.66. The third-order valence-electron chi connectivity index (χ3n) is 7.81. The number of rotatable bonds is 2. The molecule has 0 fully saturated rings. The Morgan fingerprint density at radius 1 is 0.588 bits per heavy atom. The Hall–Kier alpha value is -4.27. The minimum atomic E-state index is 0.103. The van der Waals surface area contributed by atoms with Crippen molar-refractivity contribution in [3.05, 3.63) is 133 Å². The molecule has 0 aliphatic carbocycles. The van der Waals surface area contributed by atoms with Gasteiger partial charge < -0.3 is 0 Å². The highest BCUT2D eigenvalue weighted by Gasteiger charge is 2.61. The molecule has 0 saturated heterocycles. The normalized spacial score (nSPS) is 16.8. The fraction of sp³-hybridized carbons (Fsp3) is 0.0312. The Morgan fingerprint density at radius 2 is 1.26 bits per heavy atom. The first kappa shape index (κ1) is 18.2. The Labute approximate surface area is 198 Å². The molecule has 0 bridgehead atoms. The number of pyridine rings is 1. The number of fused-ring (bicyclic) bond motifs is 5. The zero-order valence-corrected chi connectivity index (χ0v) is 18.6. The molecule has 3 heterocycles. The second-order valence-electron chi connectivity index (χ2n) is 9.33. The molecule has 0 N–H and O–H groups in total. The summed E-state index contributed by atoms with van der Waals surface area (Å²) in [6.45, 7) is 0. The van der Waals surface area contributed by atoms with Crippen LogP contribution in [0.15, 0.2) is 128 Å². The fourth-order valence-electron chi connectivity index (χ4n) is 6.56. The Morgan fingerprint density at radius 3 is 2.03 bits per heavy atom. The van der Waals surface area contributed by atoms with Crippen LogP contribution >= 0.6 is 0 Å². The van der Waals surface area contributed by atoms with Gasteiger partial charge in [0.05, 0.1) is 10.9 Å². The molecule has 0 spiro atoms. The van der Waals surface area contributed by atoms with E-state index >= 15 is 0 Å². The summed E-state index contributed by atoms with van der Waals surface area (Å²) in [5, 5.41) is 5.36. The van der Waals surface area contributed by atoms with Crippen LogP contribution in [0.1, 0.15) is 11.7 Å². The average molecular weight is 435 g/mol. The number of benzene rings is 5. The molecule has 2 heteroatoms. The van der Waals surface area contributed by atoms with Crippen molar-refractivity contribution in [2.45, 2.75) is 6.17 Å². The van der Waals surface area contributed by atoms with E-state index in [1.54, 1.807) is 0 Å². The largest absolute Gasteiger partial charge is 0.327 e. The first-order valence-corrected chi connectivity index (χ1v) is 11.9. The van der Waals surface area contributed by atoms with Crippen molar-refractivity contribution in [3.8, 4) is 11.3 Å². The van der Waals surface area contributed by atoms with Crippen molar-refractivity contribution < 1.29 is 4.57 Å². The monoisotopic (exact) mass is 434 g/mol. The highest BCUT2D eigenvalue weighted by atomic mass is 15.5. The lowest BCUT2D eigenvalue weighted by Crippen LogP contribution is -2.54. The third-order valence-corrected chi connectivity index (χ3v) is 7.81. The molecule has 8 rings (SSSR count). The molecule has 0 radical (unpaired) electrons. The molecule has 158 valence electrons. The van der Waals surface area contributed by atoms with E-state index in [1.165, 1.54) is 55.4 Å². The van der Waals surface area contributed by atoms with Gasteiger partial charge in [-0.15, -0.1) is 4.57 Å². The summed E-state index contributed by atoms with van der Waals surface area (Å²) >= 11 is 0. The zero-order chi connectivity index (χ0) is 22.3. The number of aromatic nitrogens is 1. The molecule has 5 aromatic carbocycles. The summed E-state index contributed by atoms with van der Waals surface area (Å²) in [5.41, 5.74) is 7.99. The van der Waals surface area contributed by atoms with Gasteiger partial charge in [0.2, 0.25) is 5.69 Å². The highest BCUT2D eigenvalue weighted by Crippen LogP contribution is 2.62. The number of nitrogens with zero attached hydrogens (tertiary/aromatic N) is 2. The summed E-state index contributed by atoms with van der Waals surface area (Å²) in [4.78, 5) is 0. The number of hydrogen-bond acceptors (Lipinski definition) is 0. The second kappa shape index (κ2) is 6.40. The van der Waals surface area contributed by atoms with Crippen LogP contribution in [0.25, 0.3) is 32.8 Å². The molecule has 1 unspecified atom stereocenters. The van der Waals surface area contributed by atoms with Crippen LogP contribution in [-0.4, -0.2) is 0 Å². The predicted molar refractivity (Wildman–Crippen MR) is 139 cm³/mol. The van der Waals surface area contributed by atoms with Gasteiger partial charge in [0.1, 0.15) is 16.9 Å². The van der Waals surface area contributed by atoms with Gasteiger partial charge >= 0.3 is 6.17 Å². The lowest BCUT2D eigenvalue weighted by molar-refractivity contribution is -0.710. The lowest BCUT2D eigenvalue weighted by atomic mass is 9.95. The smallest absolute Gasteiger partial charge is 0.164 e. The molecule has 1 atom stereocenters. The van der Waals surface area contributed by atoms with Crippen LogP contribution in [-0.2, 0) is 0 Å². The lowest BCUT2D eigenvalue weighted by Gasteiger charge is -2.35. The minimum absolute atomic E-state index is 0.103. The molecule has 2 nitrogen and oxygen atoms in total. The maximum atomic E-state index is 2.49. The molecule has 6 aromatic rings. The van der Waals surface area contributed by atoms with E-state index in [4.69, 9.17) is 0 Å². The van der Waals surface area contributed by atoms with Gasteiger partial charge in [-0.2, -0.15) is 4.48 Å². The highest BCUT2D eigenvalue weighted by molar-refractivity contribution is 6.18. The van der Waals surface area contributed by atoms with E-state index in [9.17, 15) is 0 Å². The first-order chi connectivity index (χ1) is 16.9. The SMILES string of the molecule is c1ccc([N+]2(c3ccccc3)c3cc4ccccc4c4ccc5c(c34)C2[n+]2ccccc2-5)cc1. The van der Waals surface area contributed by atoms with Crippen LogP contribution in [0.3, 0.4) is 0 Å². The molecule has 34 heavy (non-hydrogen) atoms. The summed E-state index contributed by atoms with van der Waals surface area (Å²) in [7, 11) is 0. The third kappa shape index (κ3) is 2.03. The number of hydrogen-bond donors (Lipinski definition) is 0. The van der Waals surface area contributed by atoms with Crippen molar-refractivity contribution in [2.75, 3.05) is 0 Å². The summed E-state index contributed by atoms with van der Waals surface area (Å²) < 4.78 is 3.14. The average Bonchev–Trinajstić information content (AvgIpc) is 3.41. The maximum absolute atomic E-state index is 2.49. The molecule has 0 saturated carbocycles. The van der Waals surface area contributed by atoms with E-state index in [0.717, 1.165) is 0 Å². The summed E-state index contributed by atoms with van der Waals surface area (Å²) in [6, 6.07) is 44.6. The van der Waals surface area contributed by atoms with Crippen LogP contribution < -0.4 is 9.05 Å². The van der Waals surface area contributed by atoms with E-state index in [0.29, 0.717) is 4.48 Å². The molecular formula is C32H22N2+2. The van der Waals surface area contributed by atoms with Crippen LogP contribution in [0.2, 0.25) is 0 Å². The van der Waals surface area contributed by atoms with Gasteiger partial charge in [-0.3, -0.25) is 0 Å². The van der Waals surface area contributed by atoms with Crippen molar-refractivity contribution in [1.29, 1.82) is 0 Å². The molecule has 0 amide bonds. The van der Waals surface area contributed by atoms with E-state index in [1.807, 2.05) is 0 Å². The molecule has 2 aliphatic heterocycles. The quantitative estimate of drug-likeness (QED) is 0.149. The van der Waals surface area contributed by atoms with E-state index in [2.05, 4.69) is 132 Å². The Bertz CT molecular complexity index is 1710. The van der Waals surface area contributed by atoms with Gasteiger partial charge in [0, 0.05) is 42.5 Å². The molecular weight excluding hydrogens is 412 g/mol. The van der Waals surface area contributed by atoms with Gasteiger partial charge in [0.15, 0.2) is 11.9 Å². The predicted octanol–water partition coefficient (Wildman–Crippen LogP) is 7.79. The van der Waals surface area contributed by atoms with Crippen LogP contribution in [0, 0.1) is 0 Å². The van der Waals surface area contributed by atoms with Gasteiger partial charge in [-0.05, 0) is 28.3 Å². The van der Waals surface area contributed by atoms with Crippen molar-refractivity contribution in [3.63, 3.8) is 0 Å². The van der Waals surface area contributed by atoms with Crippen molar-refractivity contribution >= 4 is 38.6 Å². The minimum Gasteiger partial charge on any atom is -0.164 e. The van der Waals surface area contributed by atoms with Gasteiger partial charge in [-0.1, -0.05) is 66.7 Å². The maximum Gasteiger partial charge on any atom is 0.327 e. The van der Waals surface area contributed by atoms with Gasteiger partial charge in [0.25, 0.3) is 0 Å². The number of para-hydroxylation sites is 2. The standard InChI is InChI=1S/C32H22N2/c1-3-12-23(13-4-1)34(24-14-5-2-6-15-24)29-21-22-11-7-8-16-25(22)26-18-19-27-28-17-9-10-20-33(28)32(34)31(27)30(26)29/h1-21,32H/q+2. The Kier molecular flexibility index (Phi) is 3.43.